The van der Waals surface area contributed by atoms with Gasteiger partial charge in [-0.25, -0.2) is 0 Å². The number of benzene rings is 2. The maximum atomic E-state index is 5.55. The lowest BCUT2D eigenvalue weighted by Crippen LogP contribution is -2.13. The summed E-state index contributed by atoms with van der Waals surface area (Å²) in [5.41, 5.74) is 6.40. The lowest BCUT2D eigenvalue weighted by Gasteiger charge is -2.20. The molecule has 0 saturated carbocycles. The van der Waals surface area contributed by atoms with E-state index >= 15 is 0 Å². The third-order valence-corrected chi connectivity index (χ3v) is 5.33. The average molecular weight is 406 g/mol. The smallest absolute Gasteiger partial charge is 0.161 e. The van der Waals surface area contributed by atoms with Crippen molar-refractivity contribution in [2.75, 3.05) is 14.2 Å². The molecule has 0 aliphatic carbocycles. The highest BCUT2D eigenvalue weighted by Crippen LogP contribution is 2.33. The maximum absolute atomic E-state index is 5.55. The molecule has 0 fully saturated rings. The minimum absolute atomic E-state index is 0.278. The van der Waals surface area contributed by atoms with Gasteiger partial charge in [-0.3, -0.25) is 4.99 Å². The van der Waals surface area contributed by atoms with Gasteiger partial charge < -0.3 is 9.47 Å². The van der Waals surface area contributed by atoms with Crippen LogP contribution in [0.15, 0.2) is 71.2 Å². The molecule has 0 saturated heterocycles. The number of hydrogen-bond donors (Lipinski definition) is 0. The number of nitrogens with zero attached hydrogens (tertiary/aromatic N) is 1. The fourth-order valence-corrected chi connectivity index (χ4v) is 3.61. The van der Waals surface area contributed by atoms with Crippen molar-refractivity contribution >= 4 is 11.4 Å². The second-order valence-corrected chi connectivity index (χ2v) is 7.94. The van der Waals surface area contributed by atoms with Gasteiger partial charge in [0.15, 0.2) is 11.5 Å². The van der Waals surface area contributed by atoms with Crippen LogP contribution in [0.5, 0.6) is 11.5 Å². The van der Waals surface area contributed by atoms with E-state index < -0.39 is 0 Å². The summed E-state index contributed by atoms with van der Waals surface area (Å²) in [6, 6.07) is 16.4. The molecule has 3 heteroatoms. The lowest BCUT2D eigenvalue weighted by atomic mass is 9.91. The van der Waals surface area contributed by atoms with E-state index in [2.05, 4.69) is 71.5 Å². The fourth-order valence-electron chi connectivity index (χ4n) is 3.61. The van der Waals surface area contributed by atoms with Gasteiger partial charge in [-0.15, -0.1) is 0 Å². The Labute approximate surface area is 182 Å². The van der Waals surface area contributed by atoms with Gasteiger partial charge in [-0.2, -0.15) is 0 Å². The maximum Gasteiger partial charge on any atom is 0.161 e. The lowest BCUT2D eigenvalue weighted by molar-refractivity contribution is 0.355. The summed E-state index contributed by atoms with van der Waals surface area (Å²) >= 11 is 0. The second kappa shape index (κ2) is 10.8. The molecule has 0 N–H and O–H groups in total. The number of methoxy groups -OCH3 is 2. The summed E-state index contributed by atoms with van der Waals surface area (Å²) in [5, 5.41) is 0. The third kappa shape index (κ3) is 5.41. The summed E-state index contributed by atoms with van der Waals surface area (Å²) < 4.78 is 11.0. The van der Waals surface area contributed by atoms with Crippen molar-refractivity contribution in [3.05, 3.63) is 77.4 Å². The van der Waals surface area contributed by atoms with Crippen molar-refractivity contribution in [3.8, 4) is 11.5 Å². The molecular formula is C27H35NO2. The summed E-state index contributed by atoms with van der Waals surface area (Å²) in [6.07, 6.45) is 0.985. The Balaban J connectivity index is 2.81. The minimum Gasteiger partial charge on any atom is -0.493 e. The quantitative estimate of drug-likeness (QED) is 0.327. The first kappa shape index (κ1) is 23.5. The van der Waals surface area contributed by atoms with E-state index in [0.29, 0.717) is 17.4 Å². The molecule has 0 spiro atoms. The van der Waals surface area contributed by atoms with Gasteiger partial charge in [0, 0.05) is 11.1 Å². The molecule has 0 heterocycles. The Kier molecular flexibility index (Phi) is 8.46. The van der Waals surface area contributed by atoms with Crippen molar-refractivity contribution in [1.82, 2.24) is 0 Å². The summed E-state index contributed by atoms with van der Waals surface area (Å²) in [7, 11) is 3.31. The Bertz CT molecular complexity index is 923. The highest BCUT2D eigenvalue weighted by molar-refractivity contribution is 6.05. The molecule has 3 nitrogen and oxygen atoms in total. The molecule has 1 unspecified atom stereocenters. The first-order chi connectivity index (χ1) is 14.3. The molecule has 0 amide bonds. The third-order valence-electron chi connectivity index (χ3n) is 5.33. The molecule has 0 aliphatic heterocycles. The van der Waals surface area contributed by atoms with Crippen LogP contribution in [0, 0.1) is 11.8 Å². The SMILES string of the molecule is C=C(C)/C(=C(\N=C(c1ccc(OC)c(OC)c1)C(C)CC)c1ccccc1)C(C)C. The van der Waals surface area contributed by atoms with E-state index in [1.807, 2.05) is 18.2 Å². The van der Waals surface area contributed by atoms with Gasteiger partial charge in [-0.1, -0.05) is 70.2 Å². The summed E-state index contributed by atoms with van der Waals surface area (Å²) in [6.45, 7) is 15.1. The number of ether oxygens (including phenoxy) is 2. The molecule has 30 heavy (non-hydrogen) atoms. The van der Waals surface area contributed by atoms with Gasteiger partial charge >= 0.3 is 0 Å². The van der Waals surface area contributed by atoms with E-state index in [4.69, 9.17) is 14.5 Å². The van der Waals surface area contributed by atoms with Crippen LogP contribution in [0.1, 0.15) is 52.2 Å². The summed E-state index contributed by atoms with van der Waals surface area (Å²) in [5.74, 6) is 2.01. The van der Waals surface area contributed by atoms with Crippen LogP contribution in [-0.2, 0) is 0 Å². The standard InChI is InChI=1S/C27H35NO2/c1-9-20(6)26(22-15-16-23(29-7)24(17-22)30-8)28-27(21-13-11-10-12-14-21)25(18(2)3)19(4)5/h10-17,19-20H,2,9H2,1,3-8H3/b27-25+,28-26?. The molecule has 2 aromatic carbocycles. The number of hydrogen-bond acceptors (Lipinski definition) is 3. The number of rotatable bonds is 9. The van der Waals surface area contributed by atoms with E-state index in [-0.39, 0.29) is 5.92 Å². The van der Waals surface area contributed by atoms with Crippen LogP contribution in [0.3, 0.4) is 0 Å². The molecule has 0 aromatic heterocycles. The fraction of sp³-hybridized carbons (Fsp3) is 0.370. The van der Waals surface area contributed by atoms with Gasteiger partial charge in [0.2, 0.25) is 0 Å². The number of allylic oxidation sites excluding steroid dienone is 2. The first-order valence-corrected chi connectivity index (χ1v) is 10.6. The van der Waals surface area contributed by atoms with Gasteiger partial charge in [0.05, 0.1) is 25.6 Å². The highest BCUT2D eigenvalue weighted by Gasteiger charge is 2.19. The predicted octanol–water partition coefficient (Wildman–Crippen LogP) is 7.18. The van der Waals surface area contributed by atoms with Crippen molar-refractivity contribution in [3.63, 3.8) is 0 Å². The first-order valence-electron chi connectivity index (χ1n) is 10.6. The molecule has 1 atom stereocenters. The van der Waals surface area contributed by atoms with E-state index in [1.54, 1.807) is 14.2 Å². The largest absolute Gasteiger partial charge is 0.493 e. The minimum atomic E-state index is 0.278. The monoisotopic (exact) mass is 405 g/mol. The highest BCUT2D eigenvalue weighted by atomic mass is 16.5. The zero-order chi connectivity index (χ0) is 22.3. The van der Waals surface area contributed by atoms with Crippen LogP contribution in [0.2, 0.25) is 0 Å². The summed E-state index contributed by atoms with van der Waals surface area (Å²) in [4.78, 5) is 5.30. The van der Waals surface area contributed by atoms with Gasteiger partial charge in [0.1, 0.15) is 0 Å². The van der Waals surface area contributed by atoms with Crippen molar-refractivity contribution in [2.45, 2.75) is 41.0 Å². The van der Waals surface area contributed by atoms with Crippen molar-refractivity contribution in [2.24, 2.45) is 16.8 Å². The Morgan fingerprint density at radius 1 is 0.933 bits per heavy atom. The average Bonchev–Trinajstić information content (AvgIpc) is 2.75. The van der Waals surface area contributed by atoms with E-state index in [0.717, 1.165) is 34.5 Å². The molecule has 2 rings (SSSR count). The Morgan fingerprint density at radius 3 is 2.07 bits per heavy atom. The Hall–Kier alpha value is -2.81. The van der Waals surface area contributed by atoms with Gasteiger partial charge in [0.25, 0.3) is 0 Å². The van der Waals surface area contributed by atoms with Crippen LogP contribution in [0.4, 0.5) is 0 Å². The predicted molar refractivity (Wildman–Crippen MR) is 129 cm³/mol. The van der Waals surface area contributed by atoms with Crippen LogP contribution in [-0.4, -0.2) is 19.9 Å². The molecule has 160 valence electrons. The molecule has 2 aromatic rings. The Morgan fingerprint density at radius 2 is 1.57 bits per heavy atom. The van der Waals surface area contributed by atoms with E-state index in [1.165, 1.54) is 5.57 Å². The van der Waals surface area contributed by atoms with Crippen molar-refractivity contribution < 1.29 is 9.47 Å². The number of aliphatic imine (C=N–C) groups is 1. The molecule has 0 radical (unpaired) electrons. The zero-order valence-electron chi connectivity index (χ0n) is 19.5. The van der Waals surface area contributed by atoms with Crippen LogP contribution in [0.25, 0.3) is 5.70 Å². The topological polar surface area (TPSA) is 30.8 Å². The van der Waals surface area contributed by atoms with Crippen molar-refractivity contribution in [1.29, 1.82) is 0 Å². The van der Waals surface area contributed by atoms with Crippen LogP contribution >= 0.6 is 0 Å². The normalized spacial score (nSPS) is 13.7. The van der Waals surface area contributed by atoms with Gasteiger partial charge in [-0.05, 0) is 49.0 Å². The van der Waals surface area contributed by atoms with E-state index in [9.17, 15) is 0 Å². The molecular weight excluding hydrogens is 370 g/mol. The van der Waals surface area contributed by atoms with Crippen LogP contribution < -0.4 is 9.47 Å². The second-order valence-electron chi connectivity index (χ2n) is 7.94. The molecule has 0 aliphatic rings. The molecule has 0 bridgehead atoms. The zero-order valence-corrected chi connectivity index (χ0v) is 19.5.